The summed E-state index contributed by atoms with van der Waals surface area (Å²) >= 11 is 0. The van der Waals surface area contributed by atoms with Crippen LogP contribution < -0.4 is 5.73 Å². The van der Waals surface area contributed by atoms with Crippen molar-refractivity contribution in [2.75, 3.05) is 5.73 Å². The van der Waals surface area contributed by atoms with Gasteiger partial charge in [0.1, 0.15) is 17.5 Å². The van der Waals surface area contributed by atoms with Crippen LogP contribution in [-0.4, -0.2) is 29.4 Å². The molecule has 0 saturated carbocycles. The van der Waals surface area contributed by atoms with E-state index in [1.54, 1.807) is 16.8 Å². The molecule has 30 heavy (non-hydrogen) atoms. The van der Waals surface area contributed by atoms with Gasteiger partial charge in [0.2, 0.25) is 0 Å². The first-order chi connectivity index (χ1) is 14.6. The predicted octanol–water partition coefficient (Wildman–Crippen LogP) is 3.54. The molecule has 0 atom stereocenters. The van der Waals surface area contributed by atoms with E-state index in [-0.39, 0.29) is 11.8 Å². The van der Waals surface area contributed by atoms with Crippen molar-refractivity contribution in [1.29, 1.82) is 0 Å². The molecule has 148 valence electrons. The van der Waals surface area contributed by atoms with Crippen LogP contribution in [0.4, 0.5) is 10.2 Å². The summed E-state index contributed by atoms with van der Waals surface area (Å²) in [7, 11) is 0. The molecule has 0 amide bonds. The summed E-state index contributed by atoms with van der Waals surface area (Å²) in [6.07, 6.45) is 4.93. The fraction of sp³-hybridized carbons (Fsp3) is 0.136. The first-order valence-electron chi connectivity index (χ1n) is 9.65. The van der Waals surface area contributed by atoms with Crippen molar-refractivity contribution in [3.05, 3.63) is 71.9 Å². The minimum absolute atomic E-state index is 0.107. The highest BCUT2D eigenvalue weighted by Crippen LogP contribution is 2.35. The third kappa shape index (κ3) is 2.33. The van der Waals surface area contributed by atoms with E-state index in [9.17, 15) is 9.50 Å². The molecule has 3 heterocycles. The summed E-state index contributed by atoms with van der Waals surface area (Å²) in [6.45, 7) is 0. The molecule has 3 aromatic heterocycles. The van der Waals surface area contributed by atoms with Crippen LogP contribution in [0.1, 0.15) is 17.2 Å². The maximum absolute atomic E-state index is 14.1. The maximum atomic E-state index is 14.1. The second-order valence-corrected chi connectivity index (χ2v) is 7.60. The van der Waals surface area contributed by atoms with Gasteiger partial charge in [-0.3, -0.25) is 4.57 Å². The number of halogens is 1. The van der Waals surface area contributed by atoms with Crippen LogP contribution in [0.2, 0.25) is 0 Å². The molecule has 2 aromatic carbocycles. The molecule has 0 aliphatic heterocycles. The van der Waals surface area contributed by atoms with Crippen molar-refractivity contribution < 1.29 is 9.50 Å². The Morgan fingerprint density at radius 3 is 2.60 bits per heavy atom. The van der Waals surface area contributed by atoms with Crippen molar-refractivity contribution in [2.24, 2.45) is 0 Å². The standard InChI is InChI=1S/C22H17FN6O/c23-16-10-17-14(9-18(16)30)5-6-28(17)22-19-20(24)25-11-26-21(19)29(27-22)15-7-12-3-1-2-4-13(12)8-15/h1-6,9-11,15,30H,7-8H2,(H2,24,25,26). The van der Waals surface area contributed by atoms with E-state index in [4.69, 9.17) is 10.8 Å². The lowest BCUT2D eigenvalue weighted by Gasteiger charge is -2.10. The Labute approximate surface area is 170 Å². The number of aromatic hydroxyl groups is 1. The van der Waals surface area contributed by atoms with Crippen LogP contribution in [0.3, 0.4) is 0 Å². The van der Waals surface area contributed by atoms with Crippen molar-refractivity contribution in [3.63, 3.8) is 0 Å². The number of fused-ring (bicyclic) bond motifs is 3. The largest absolute Gasteiger partial charge is 0.505 e. The normalized spacial score (nSPS) is 14.0. The van der Waals surface area contributed by atoms with E-state index < -0.39 is 5.82 Å². The molecule has 0 spiro atoms. The number of hydrogen-bond acceptors (Lipinski definition) is 5. The van der Waals surface area contributed by atoms with Crippen molar-refractivity contribution in [1.82, 2.24) is 24.3 Å². The van der Waals surface area contributed by atoms with Gasteiger partial charge in [-0.25, -0.2) is 19.0 Å². The van der Waals surface area contributed by atoms with Gasteiger partial charge in [0.15, 0.2) is 23.0 Å². The first kappa shape index (κ1) is 17.0. The molecule has 7 nitrogen and oxygen atoms in total. The average molecular weight is 400 g/mol. The highest BCUT2D eigenvalue weighted by Gasteiger charge is 2.28. The van der Waals surface area contributed by atoms with Gasteiger partial charge in [0.05, 0.1) is 11.6 Å². The molecule has 3 N–H and O–H groups in total. The molecule has 1 aliphatic carbocycles. The Bertz CT molecular complexity index is 1430. The molecule has 0 bridgehead atoms. The Morgan fingerprint density at radius 1 is 1.07 bits per heavy atom. The van der Waals surface area contributed by atoms with Gasteiger partial charge in [-0.05, 0) is 36.1 Å². The van der Waals surface area contributed by atoms with Crippen LogP contribution in [0.5, 0.6) is 5.75 Å². The minimum Gasteiger partial charge on any atom is -0.505 e. The molecule has 6 rings (SSSR count). The van der Waals surface area contributed by atoms with Crippen LogP contribution >= 0.6 is 0 Å². The molecular formula is C22H17FN6O. The van der Waals surface area contributed by atoms with Crippen LogP contribution in [-0.2, 0) is 12.8 Å². The second-order valence-electron chi connectivity index (χ2n) is 7.60. The lowest BCUT2D eigenvalue weighted by Crippen LogP contribution is -2.12. The second kappa shape index (κ2) is 6.03. The Morgan fingerprint density at radius 2 is 1.83 bits per heavy atom. The van der Waals surface area contributed by atoms with Gasteiger partial charge in [-0.15, -0.1) is 0 Å². The fourth-order valence-electron chi connectivity index (χ4n) is 4.44. The number of aromatic nitrogens is 5. The lowest BCUT2D eigenvalue weighted by molar-refractivity contribution is 0.433. The van der Waals surface area contributed by atoms with Crippen LogP contribution in [0, 0.1) is 5.82 Å². The number of nitrogen functional groups attached to an aromatic ring is 1. The van der Waals surface area contributed by atoms with E-state index in [0.29, 0.717) is 33.6 Å². The Balaban J connectivity index is 1.57. The maximum Gasteiger partial charge on any atom is 0.172 e. The number of hydrogen-bond donors (Lipinski definition) is 2. The number of phenolic OH excluding ortho intramolecular Hbond substituents is 1. The lowest BCUT2D eigenvalue weighted by atomic mass is 10.1. The number of benzene rings is 2. The molecule has 5 aromatic rings. The zero-order valence-electron chi connectivity index (χ0n) is 15.8. The predicted molar refractivity (Wildman–Crippen MR) is 111 cm³/mol. The minimum atomic E-state index is -0.693. The third-order valence-corrected chi connectivity index (χ3v) is 5.86. The quantitative estimate of drug-likeness (QED) is 0.473. The van der Waals surface area contributed by atoms with Crippen LogP contribution in [0.25, 0.3) is 27.8 Å². The van der Waals surface area contributed by atoms with Crippen molar-refractivity contribution in [3.8, 4) is 11.6 Å². The Hall–Kier alpha value is -3.94. The van der Waals surface area contributed by atoms with Gasteiger partial charge >= 0.3 is 0 Å². The fourth-order valence-corrected chi connectivity index (χ4v) is 4.44. The van der Waals surface area contributed by atoms with Gasteiger partial charge in [0.25, 0.3) is 0 Å². The van der Waals surface area contributed by atoms with E-state index in [1.807, 2.05) is 16.8 Å². The summed E-state index contributed by atoms with van der Waals surface area (Å²) in [5.74, 6) is -0.221. The SMILES string of the molecule is Nc1ncnc2c1c(-n1ccc3cc(O)c(F)cc31)nn2C1Cc2ccccc2C1. The average Bonchev–Trinajstić information content (AvgIpc) is 3.43. The smallest absolute Gasteiger partial charge is 0.172 e. The summed E-state index contributed by atoms with van der Waals surface area (Å²) in [4.78, 5) is 8.63. The molecular weight excluding hydrogens is 383 g/mol. The molecule has 8 heteroatoms. The number of anilines is 1. The van der Waals surface area contributed by atoms with E-state index in [0.717, 1.165) is 12.8 Å². The summed E-state index contributed by atoms with van der Waals surface area (Å²) in [5.41, 5.74) is 10.1. The number of rotatable bonds is 2. The number of phenols is 1. The van der Waals surface area contributed by atoms with Crippen molar-refractivity contribution in [2.45, 2.75) is 18.9 Å². The molecule has 0 saturated heterocycles. The van der Waals surface area contributed by atoms with Gasteiger partial charge in [0, 0.05) is 17.6 Å². The third-order valence-electron chi connectivity index (χ3n) is 5.86. The van der Waals surface area contributed by atoms with Crippen LogP contribution in [0.15, 0.2) is 55.0 Å². The number of nitrogens with two attached hydrogens (primary N) is 1. The number of nitrogens with zero attached hydrogens (tertiary/aromatic N) is 5. The summed E-state index contributed by atoms with van der Waals surface area (Å²) in [6, 6.07) is 13.0. The summed E-state index contributed by atoms with van der Waals surface area (Å²) < 4.78 is 17.7. The zero-order chi connectivity index (χ0) is 20.4. The zero-order valence-corrected chi connectivity index (χ0v) is 15.8. The first-order valence-corrected chi connectivity index (χ1v) is 9.65. The molecule has 1 aliphatic rings. The monoisotopic (exact) mass is 400 g/mol. The van der Waals surface area contributed by atoms with E-state index in [2.05, 4.69) is 22.1 Å². The van der Waals surface area contributed by atoms with E-state index in [1.165, 1.54) is 29.6 Å². The highest BCUT2D eigenvalue weighted by atomic mass is 19.1. The molecule has 0 fully saturated rings. The molecule has 0 unspecified atom stereocenters. The topological polar surface area (TPSA) is 94.8 Å². The Kier molecular flexibility index (Phi) is 3.41. The summed E-state index contributed by atoms with van der Waals surface area (Å²) in [5, 5.41) is 15.9. The van der Waals surface area contributed by atoms with Gasteiger partial charge < -0.3 is 10.8 Å². The molecule has 0 radical (unpaired) electrons. The van der Waals surface area contributed by atoms with Gasteiger partial charge in [-0.2, -0.15) is 5.10 Å². The van der Waals surface area contributed by atoms with Gasteiger partial charge in [-0.1, -0.05) is 24.3 Å². The van der Waals surface area contributed by atoms with Crippen molar-refractivity contribution >= 4 is 27.8 Å². The van der Waals surface area contributed by atoms with E-state index >= 15 is 0 Å². The highest BCUT2D eigenvalue weighted by molar-refractivity contribution is 5.95.